The van der Waals surface area contributed by atoms with Gasteiger partial charge in [-0.05, 0) is 29.3 Å². The van der Waals surface area contributed by atoms with E-state index in [9.17, 15) is 0 Å². The molecule has 0 bridgehead atoms. The van der Waals surface area contributed by atoms with Crippen molar-refractivity contribution in [3.05, 3.63) is 46.5 Å². The Labute approximate surface area is 165 Å². The fourth-order valence-corrected chi connectivity index (χ4v) is 4.88. The van der Waals surface area contributed by atoms with E-state index in [1.807, 2.05) is 6.07 Å². The molecule has 2 aromatic carbocycles. The number of nitrogens with zero attached hydrogens (tertiary/aromatic N) is 1. The Hall–Kier alpha value is -2.11. The number of hydrogen-bond acceptors (Lipinski definition) is 4. The zero-order valence-corrected chi connectivity index (χ0v) is 16.6. The molecule has 0 fully saturated rings. The molecule has 144 valence electrons. The summed E-state index contributed by atoms with van der Waals surface area (Å²) in [7, 11) is 5.79. The van der Waals surface area contributed by atoms with Crippen molar-refractivity contribution in [3.63, 3.8) is 0 Å². The topological polar surface area (TPSA) is 36.9 Å². The van der Waals surface area contributed by atoms with Gasteiger partial charge >= 0.3 is 0 Å². The minimum absolute atomic E-state index is 0. The number of quaternary nitrogens is 1. The summed E-state index contributed by atoms with van der Waals surface area (Å²) in [5, 5.41) is 0. The molecule has 3 aliphatic heterocycles. The molecule has 0 saturated heterocycles. The average Bonchev–Trinajstić information content (AvgIpc) is 3.11. The summed E-state index contributed by atoms with van der Waals surface area (Å²) in [6.45, 7) is 2.39. The van der Waals surface area contributed by atoms with Crippen LogP contribution in [0.15, 0.2) is 24.3 Å². The third-order valence-corrected chi connectivity index (χ3v) is 6.32. The summed E-state index contributed by atoms with van der Waals surface area (Å²) in [6.07, 6.45) is 2.05. The van der Waals surface area contributed by atoms with E-state index in [1.165, 1.54) is 22.3 Å². The number of fused-ring (bicyclic) bond motifs is 5. The summed E-state index contributed by atoms with van der Waals surface area (Å²) in [4.78, 5) is 0. The fourth-order valence-electron chi connectivity index (χ4n) is 4.88. The Kier molecular flexibility index (Phi) is 4.40. The van der Waals surface area contributed by atoms with E-state index >= 15 is 0 Å². The van der Waals surface area contributed by atoms with Gasteiger partial charge in [-0.25, -0.2) is 0 Å². The van der Waals surface area contributed by atoms with E-state index < -0.39 is 0 Å². The summed E-state index contributed by atoms with van der Waals surface area (Å²) in [5.74, 6) is 3.48. The first-order chi connectivity index (χ1) is 12.6. The summed E-state index contributed by atoms with van der Waals surface area (Å²) < 4.78 is 23.5. The van der Waals surface area contributed by atoms with Crippen LogP contribution in [0, 0.1) is 0 Å². The molecule has 0 aromatic heterocycles. The van der Waals surface area contributed by atoms with Gasteiger partial charge in [-0.15, -0.1) is 0 Å². The Morgan fingerprint density at radius 2 is 1.81 bits per heavy atom. The quantitative estimate of drug-likeness (QED) is 0.689. The van der Waals surface area contributed by atoms with Crippen LogP contribution in [0.5, 0.6) is 23.0 Å². The van der Waals surface area contributed by atoms with Crippen LogP contribution in [-0.4, -0.2) is 39.1 Å². The molecule has 0 N–H and O–H groups in total. The molecule has 5 nitrogen and oxygen atoms in total. The Morgan fingerprint density at radius 3 is 2.56 bits per heavy atom. The van der Waals surface area contributed by atoms with Crippen LogP contribution in [0.2, 0.25) is 0 Å². The maximum Gasteiger partial charge on any atom is 0.231 e. The molecule has 0 saturated carbocycles. The Bertz CT molecular complexity index is 900. The van der Waals surface area contributed by atoms with Crippen LogP contribution in [0.1, 0.15) is 28.3 Å². The predicted molar refractivity (Wildman–Crippen MR) is 97.0 cm³/mol. The fraction of sp³-hybridized carbons (Fsp3) is 0.429. The first-order valence-corrected chi connectivity index (χ1v) is 9.12. The van der Waals surface area contributed by atoms with Gasteiger partial charge < -0.3 is 35.8 Å². The van der Waals surface area contributed by atoms with Crippen molar-refractivity contribution in [1.82, 2.24) is 0 Å². The lowest BCUT2D eigenvalue weighted by atomic mass is 9.81. The number of ether oxygens (including phenoxy) is 4. The van der Waals surface area contributed by atoms with Crippen LogP contribution in [0.4, 0.5) is 0 Å². The number of rotatable bonds is 2. The van der Waals surface area contributed by atoms with Crippen molar-refractivity contribution >= 4 is 0 Å². The molecule has 2 atom stereocenters. The van der Waals surface area contributed by atoms with Gasteiger partial charge in [-0.1, -0.05) is 6.07 Å². The number of benzene rings is 2. The summed E-state index contributed by atoms with van der Waals surface area (Å²) in [6, 6.07) is 9.05. The number of methoxy groups -OCH3 is 2. The molecular weight excluding hydrogens is 366 g/mol. The third-order valence-electron chi connectivity index (χ3n) is 6.32. The zero-order valence-electron chi connectivity index (χ0n) is 15.9. The van der Waals surface area contributed by atoms with Gasteiger partial charge in [0.1, 0.15) is 12.6 Å². The lowest BCUT2D eigenvalue weighted by Gasteiger charge is -2.49. The van der Waals surface area contributed by atoms with Gasteiger partial charge in [-0.2, -0.15) is 0 Å². The smallest absolute Gasteiger partial charge is 0.231 e. The first-order valence-electron chi connectivity index (χ1n) is 9.12. The zero-order chi connectivity index (χ0) is 17.9. The summed E-state index contributed by atoms with van der Waals surface area (Å²) in [5.41, 5.74) is 5.45. The van der Waals surface area contributed by atoms with Gasteiger partial charge in [-0.3, -0.25) is 0 Å². The van der Waals surface area contributed by atoms with Gasteiger partial charge in [0.15, 0.2) is 23.0 Å². The molecule has 3 heterocycles. The number of likely N-dealkylation sites (N-methyl/N-ethyl adjacent to an activating group) is 1. The van der Waals surface area contributed by atoms with Crippen LogP contribution in [0.25, 0.3) is 0 Å². The molecule has 0 amide bonds. The predicted octanol–water partition coefficient (Wildman–Crippen LogP) is 0.237. The van der Waals surface area contributed by atoms with Gasteiger partial charge in [0.05, 0.1) is 33.4 Å². The molecule has 27 heavy (non-hydrogen) atoms. The highest BCUT2D eigenvalue weighted by Crippen LogP contribution is 2.49. The molecule has 2 aromatic rings. The highest BCUT2D eigenvalue weighted by molar-refractivity contribution is 5.54. The van der Waals surface area contributed by atoms with Crippen LogP contribution >= 0.6 is 0 Å². The van der Waals surface area contributed by atoms with Crippen LogP contribution in [-0.2, 0) is 19.4 Å². The van der Waals surface area contributed by atoms with Gasteiger partial charge in [0.2, 0.25) is 6.79 Å². The SMILES string of the molecule is COc1ccc2c(c1OC)C[N@+]1(C)CCc3cc4c(cc3[C@@H]1C2)OCO4.[Cl-]. The minimum atomic E-state index is 0. The minimum Gasteiger partial charge on any atom is -1.00 e. The van der Waals surface area contributed by atoms with E-state index in [1.54, 1.807) is 14.2 Å². The second-order valence-corrected chi connectivity index (χ2v) is 7.67. The summed E-state index contributed by atoms with van der Waals surface area (Å²) >= 11 is 0. The van der Waals surface area contributed by atoms with Crippen molar-refractivity contribution < 1.29 is 35.8 Å². The first kappa shape index (κ1) is 18.3. The van der Waals surface area contributed by atoms with E-state index in [0.717, 1.165) is 53.4 Å². The monoisotopic (exact) mass is 389 g/mol. The Balaban J connectivity index is 0.00000180. The number of hydrogen-bond donors (Lipinski definition) is 0. The standard InChI is InChI=1S/C21H24NO4.ClH/c1-22-7-6-14-9-19-20(26-12-25-19)10-15(14)17(22)8-13-4-5-18(23-2)21(24-3)16(13)11-22;/h4-5,9-10,17H,6-8,11-12H2,1-3H3;1H/q+1;/p-1/t17-,22-;/m0./s1. The molecule has 0 aliphatic carbocycles. The van der Waals surface area contributed by atoms with E-state index in [-0.39, 0.29) is 12.4 Å². The molecule has 3 aliphatic rings. The largest absolute Gasteiger partial charge is 1.00 e. The highest BCUT2D eigenvalue weighted by atomic mass is 35.5. The molecule has 0 spiro atoms. The highest BCUT2D eigenvalue weighted by Gasteiger charge is 2.45. The average molecular weight is 390 g/mol. The number of halogens is 1. The maximum absolute atomic E-state index is 5.72. The molecule has 5 rings (SSSR count). The van der Waals surface area contributed by atoms with Crippen molar-refractivity contribution in [3.8, 4) is 23.0 Å². The van der Waals surface area contributed by atoms with Crippen molar-refractivity contribution in [2.24, 2.45) is 0 Å². The lowest BCUT2D eigenvalue weighted by Crippen LogP contribution is -3.00. The molecular formula is C21H24ClNO4. The molecule has 0 unspecified atom stereocenters. The van der Waals surface area contributed by atoms with Crippen molar-refractivity contribution in [2.45, 2.75) is 25.4 Å². The maximum atomic E-state index is 5.72. The van der Waals surface area contributed by atoms with E-state index in [2.05, 4.69) is 25.2 Å². The second-order valence-electron chi connectivity index (χ2n) is 7.67. The van der Waals surface area contributed by atoms with Crippen molar-refractivity contribution in [1.29, 1.82) is 0 Å². The normalized spacial score (nSPS) is 24.2. The van der Waals surface area contributed by atoms with Crippen LogP contribution < -0.4 is 31.4 Å². The second kappa shape index (κ2) is 6.50. The molecule has 6 heteroatoms. The Morgan fingerprint density at radius 1 is 1.04 bits per heavy atom. The lowest BCUT2D eigenvalue weighted by molar-refractivity contribution is -0.956. The molecule has 0 radical (unpaired) electrons. The van der Waals surface area contributed by atoms with Gasteiger partial charge in [0.25, 0.3) is 0 Å². The third kappa shape index (κ3) is 2.64. The van der Waals surface area contributed by atoms with E-state index in [4.69, 9.17) is 18.9 Å². The van der Waals surface area contributed by atoms with Gasteiger partial charge in [0, 0.05) is 18.4 Å². The van der Waals surface area contributed by atoms with E-state index in [0.29, 0.717) is 12.8 Å². The van der Waals surface area contributed by atoms with Crippen molar-refractivity contribution in [2.75, 3.05) is 34.6 Å². The van der Waals surface area contributed by atoms with Crippen LogP contribution in [0.3, 0.4) is 0 Å².